The number of aliphatic carboxylic acids is 1. The highest BCUT2D eigenvalue weighted by atomic mass is 32.2. The predicted octanol–water partition coefficient (Wildman–Crippen LogP) is 2.10. The van der Waals surface area contributed by atoms with Crippen LogP contribution in [0.3, 0.4) is 0 Å². The highest BCUT2D eigenvalue weighted by molar-refractivity contribution is 7.82. The molecule has 3 atom stereocenters. The van der Waals surface area contributed by atoms with E-state index in [1.807, 2.05) is 13.0 Å². The number of benzene rings is 2. The van der Waals surface area contributed by atoms with Crippen molar-refractivity contribution in [3.63, 3.8) is 0 Å². The fourth-order valence-electron chi connectivity index (χ4n) is 2.44. The second-order valence-corrected chi connectivity index (χ2v) is 7.23. The average Bonchev–Trinajstić information content (AvgIpc) is 2.65. The first-order valence-electron chi connectivity index (χ1n) is 7.95. The largest absolute Gasteiger partial charge is 0.480 e. The Morgan fingerprint density at radius 1 is 1.15 bits per heavy atom. The smallest absolute Gasteiger partial charge is 0.322 e. The molecule has 7 nitrogen and oxygen atoms in total. The fourth-order valence-corrected chi connectivity index (χ4v) is 3.75. The topological polar surface area (TPSA) is 107 Å². The minimum atomic E-state index is -1.88. The van der Waals surface area contributed by atoms with E-state index in [9.17, 15) is 24.1 Å². The van der Waals surface area contributed by atoms with Gasteiger partial charge in [-0.1, -0.05) is 48.0 Å². The molecule has 0 bridgehead atoms. The molecule has 0 aromatic heterocycles. The molecule has 0 heterocycles. The maximum Gasteiger partial charge on any atom is 0.322 e. The number of aryl methyl sites for hydroxylation is 1. The van der Waals surface area contributed by atoms with Gasteiger partial charge in [0.05, 0.1) is 11.4 Å². The van der Waals surface area contributed by atoms with Gasteiger partial charge in [-0.2, -0.15) is 0 Å². The molecule has 0 amide bonds. The van der Waals surface area contributed by atoms with Gasteiger partial charge in [0.1, 0.15) is 17.0 Å². The van der Waals surface area contributed by atoms with Crippen LogP contribution in [0.25, 0.3) is 0 Å². The predicted molar refractivity (Wildman–Crippen MR) is 97.7 cm³/mol. The first-order valence-corrected chi connectivity index (χ1v) is 9.05. The molecule has 0 saturated heterocycles. The standard InChI is InChI=1S/C18H20N2O5S/c1-13-7-9-15(10-8-13)26(25)20(12-17(21)19-24)16(18(22)23)11-14-5-3-2-4-6-14/h2-10,16-17,21H,11-12H2,1H3,(H,22,23)/t16-,17-,26?/m0/s1. The summed E-state index contributed by atoms with van der Waals surface area (Å²) in [5.74, 6) is -1.20. The first-order chi connectivity index (χ1) is 12.4. The number of carboxylic acid groups (broad SMARTS) is 1. The molecule has 2 aromatic rings. The zero-order valence-corrected chi connectivity index (χ0v) is 15.0. The monoisotopic (exact) mass is 376 g/mol. The maximum atomic E-state index is 13.0. The quantitative estimate of drug-likeness (QED) is 0.652. The molecule has 0 aliphatic carbocycles. The molecule has 0 aliphatic heterocycles. The first kappa shape index (κ1) is 19.9. The average molecular weight is 376 g/mol. The van der Waals surface area contributed by atoms with Crippen molar-refractivity contribution in [1.29, 1.82) is 0 Å². The summed E-state index contributed by atoms with van der Waals surface area (Å²) in [5, 5.41) is 21.8. The number of hydrogen-bond donors (Lipinski definition) is 2. The molecule has 0 radical (unpaired) electrons. The van der Waals surface area contributed by atoms with Crippen LogP contribution in [0.1, 0.15) is 11.1 Å². The van der Waals surface area contributed by atoms with Crippen molar-refractivity contribution in [2.75, 3.05) is 6.54 Å². The van der Waals surface area contributed by atoms with E-state index in [-0.39, 0.29) is 6.42 Å². The maximum absolute atomic E-state index is 13.0. The van der Waals surface area contributed by atoms with Crippen molar-refractivity contribution in [2.45, 2.75) is 30.5 Å². The fraction of sp³-hybridized carbons (Fsp3) is 0.278. The van der Waals surface area contributed by atoms with E-state index in [0.29, 0.717) is 4.90 Å². The summed E-state index contributed by atoms with van der Waals surface area (Å²) < 4.78 is 14.1. The van der Waals surface area contributed by atoms with E-state index in [0.717, 1.165) is 15.4 Å². The highest BCUT2D eigenvalue weighted by Crippen LogP contribution is 2.19. The van der Waals surface area contributed by atoms with Crippen LogP contribution < -0.4 is 0 Å². The Morgan fingerprint density at radius 3 is 2.31 bits per heavy atom. The molecular weight excluding hydrogens is 356 g/mol. The summed E-state index contributed by atoms with van der Waals surface area (Å²) in [6.45, 7) is 1.42. The van der Waals surface area contributed by atoms with Crippen LogP contribution in [0.2, 0.25) is 0 Å². The number of rotatable bonds is 9. The molecule has 2 rings (SSSR count). The molecule has 26 heavy (non-hydrogen) atoms. The van der Waals surface area contributed by atoms with Crippen LogP contribution >= 0.6 is 0 Å². The Labute approximate surface area is 153 Å². The minimum Gasteiger partial charge on any atom is -0.480 e. The third-order valence-corrected chi connectivity index (χ3v) is 5.31. The van der Waals surface area contributed by atoms with Crippen LogP contribution in [-0.4, -0.2) is 43.5 Å². The van der Waals surface area contributed by atoms with E-state index in [4.69, 9.17) is 0 Å². The summed E-state index contributed by atoms with van der Waals surface area (Å²) in [7, 11) is -1.88. The Balaban J connectivity index is 2.36. The van der Waals surface area contributed by atoms with Crippen molar-refractivity contribution < 1.29 is 19.2 Å². The van der Waals surface area contributed by atoms with Gasteiger partial charge in [0.15, 0.2) is 0 Å². The van der Waals surface area contributed by atoms with Crippen molar-refractivity contribution in [2.24, 2.45) is 5.18 Å². The van der Waals surface area contributed by atoms with E-state index in [1.54, 1.807) is 48.5 Å². The number of nitrogens with zero attached hydrogens (tertiary/aromatic N) is 2. The summed E-state index contributed by atoms with van der Waals surface area (Å²) >= 11 is 0. The lowest BCUT2D eigenvalue weighted by atomic mass is 10.1. The molecule has 0 saturated carbocycles. The lowest BCUT2D eigenvalue weighted by Gasteiger charge is -2.28. The number of carbonyl (C=O) groups is 1. The second kappa shape index (κ2) is 9.33. The van der Waals surface area contributed by atoms with Gasteiger partial charge in [0, 0.05) is 0 Å². The van der Waals surface area contributed by atoms with Crippen LogP contribution in [0, 0.1) is 11.8 Å². The Bertz CT molecular complexity index is 767. The Morgan fingerprint density at radius 2 is 1.77 bits per heavy atom. The van der Waals surface area contributed by atoms with Crippen molar-refractivity contribution >= 4 is 17.0 Å². The molecule has 1 unspecified atom stereocenters. The highest BCUT2D eigenvalue weighted by Gasteiger charge is 2.32. The van der Waals surface area contributed by atoms with E-state index >= 15 is 0 Å². The summed E-state index contributed by atoms with van der Waals surface area (Å²) in [5.41, 5.74) is 1.70. The van der Waals surface area contributed by atoms with Crippen LogP contribution in [0.5, 0.6) is 0 Å². The molecule has 2 aromatic carbocycles. The van der Waals surface area contributed by atoms with Crippen molar-refractivity contribution in [3.8, 4) is 0 Å². The number of aliphatic hydroxyl groups is 1. The van der Waals surface area contributed by atoms with Crippen molar-refractivity contribution in [1.82, 2.24) is 4.31 Å². The van der Waals surface area contributed by atoms with Gasteiger partial charge in [-0.3, -0.25) is 4.79 Å². The third kappa shape index (κ3) is 5.29. The second-order valence-electron chi connectivity index (χ2n) is 5.79. The Hall–Kier alpha value is -2.42. The van der Waals surface area contributed by atoms with Crippen LogP contribution in [0.15, 0.2) is 64.7 Å². The van der Waals surface area contributed by atoms with Gasteiger partial charge in [-0.05, 0) is 36.2 Å². The van der Waals surface area contributed by atoms with E-state index < -0.39 is 35.8 Å². The summed E-state index contributed by atoms with van der Waals surface area (Å²) in [4.78, 5) is 22.8. The third-order valence-electron chi connectivity index (χ3n) is 3.81. The molecule has 0 aliphatic rings. The van der Waals surface area contributed by atoms with Gasteiger partial charge < -0.3 is 10.2 Å². The molecule has 8 heteroatoms. The van der Waals surface area contributed by atoms with Gasteiger partial charge in [0.25, 0.3) is 0 Å². The number of aliphatic hydroxyl groups excluding tert-OH is 1. The Kier molecular flexibility index (Phi) is 7.14. The van der Waals surface area contributed by atoms with E-state index in [2.05, 4.69) is 5.18 Å². The molecule has 0 spiro atoms. The lowest BCUT2D eigenvalue weighted by Crippen LogP contribution is -2.46. The normalized spacial score (nSPS) is 14.6. The van der Waals surface area contributed by atoms with Gasteiger partial charge in [0.2, 0.25) is 6.23 Å². The molecule has 0 fully saturated rings. The zero-order valence-electron chi connectivity index (χ0n) is 14.2. The lowest BCUT2D eigenvalue weighted by molar-refractivity contribution is -0.141. The number of nitroso groups, excluding NO2 is 1. The minimum absolute atomic E-state index is 0.0688. The summed E-state index contributed by atoms with van der Waals surface area (Å²) in [6.07, 6.45) is -1.61. The van der Waals surface area contributed by atoms with E-state index in [1.165, 1.54) is 0 Å². The van der Waals surface area contributed by atoms with Crippen LogP contribution in [0.4, 0.5) is 0 Å². The van der Waals surface area contributed by atoms with Gasteiger partial charge in [-0.25, -0.2) is 8.51 Å². The number of carboxylic acids is 1. The zero-order chi connectivity index (χ0) is 19.1. The molecular formula is C18H20N2O5S. The molecule has 2 N–H and O–H groups in total. The summed E-state index contributed by atoms with van der Waals surface area (Å²) in [6, 6.07) is 14.4. The molecule has 138 valence electrons. The van der Waals surface area contributed by atoms with Gasteiger partial charge in [-0.15, -0.1) is 4.91 Å². The number of hydrogen-bond acceptors (Lipinski definition) is 5. The van der Waals surface area contributed by atoms with Crippen molar-refractivity contribution in [3.05, 3.63) is 70.6 Å². The SMILES string of the molecule is Cc1ccc(S(=O)N(C[C@H](O)N=O)[C@@H](Cc2ccccc2)C(=O)O)cc1. The van der Waals surface area contributed by atoms with Gasteiger partial charge >= 0.3 is 5.97 Å². The van der Waals surface area contributed by atoms with Crippen LogP contribution in [-0.2, 0) is 22.2 Å².